The lowest BCUT2D eigenvalue weighted by Gasteiger charge is -2.08. The van der Waals surface area contributed by atoms with Crippen LogP contribution in [0.4, 0.5) is 5.69 Å². The molecule has 0 aliphatic carbocycles. The number of anilines is 1. The first-order valence-electron chi connectivity index (χ1n) is 8.16. The minimum absolute atomic E-state index is 0.0920. The number of nitrogens with zero attached hydrogens (tertiary/aromatic N) is 3. The van der Waals surface area contributed by atoms with Crippen molar-refractivity contribution in [2.24, 2.45) is 0 Å². The average Bonchev–Trinajstić information content (AvgIpc) is 2.66. The lowest BCUT2D eigenvalue weighted by atomic mass is 10.2. The summed E-state index contributed by atoms with van der Waals surface area (Å²) in [5.74, 6) is -0.0920. The molecule has 0 fully saturated rings. The highest BCUT2D eigenvalue weighted by Gasteiger charge is 2.06. The predicted octanol–water partition coefficient (Wildman–Crippen LogP) is 3.49. The molecule has 0 aliphatic heterocycles. The second kappa shape index (κ2) is 8.53. The normalized spacial score (nSPS) is 10.5. The van der Waals surface area contributed by atoms with Gasteiger partial charge in [0.15, 0.2) is 0 Å². The quantitative estimate of drug-likeness (QED) is 0.671. The molecule has 2 aromatic heterocycles. The van der Waals surface area contributed by atoms with E-state index in [2.05, 4.69) is 31.3 Å². The van der Waals surface area contributed by atoms with Crippen molar-refractivity contribution in [2.45, 2.75) is 19.4 Å². The number of rotatable bonds is 6. The zero-order valence-electron chi connectivity index (χ0n) is 13.9. The molecule has 0 spiro atoms. The van der Waals surface area contributed by atoms with E-state index < -0.39 is 0 Å². The van der Waals surface area contributed by atoms with E-state index >= 15 is 0 Å². The number of aromatic nitrogens is 3. The van der Waals surface area contributed by atoms with Crippen LogP contribution in [0.3, 0.4) is 0 Å². The van der Waals surface area contributed by atoms with Gasteiger partial charge in [-0.25, -0.2) is 4.68 Å². The summed E-state index contributed by atoms with van der Waals surface area (Å²) in [6, 6.07) is 14.2. The lowest BCUT2D eigenvalue weighted by Crippen LogP contribution is -2.23. The maximum atomic E-state index is 12.0. The van der Waals surface area contributed by atoms with Crippen LogP contribution in [0.15, 0.2) is 70.2 Å². The first-order chi connectivity index (χ1) is 12.6. The van der Waals surface area contributed by atoms with Crippen molar-refractivity contribution >= 4 is 27.5 Å². The molecule has 132 valence electrons. The molecule has 3 rings (SSSR count). The van der Waals surface area contributed by atoms with Crippen LogP contribution >= 0.6 is 15.9 Å². The first-order valence-corrected chi connectivity index (χ1v) is 8.95. The van der Waals surface area contributed by atoms with Crippen LogP contribution in [0.25, 0.3) is 11.3 Å². The van der Waals surface area contributed by atoms with Gasteiger partial charge in [0.2, 0.25) is 5.91 Å². The second-order valence-corrected chi connectivity index (χ2v) is 6.59. The van der Waals surface area contributed by atoms with E-state index in [-0.39, 0.29) is 11.5 Å². The van der Waals surface area contributed by atoms with Crippen LogP contribution < -0.4 is 10.9 Å². The molecule has 1 amide bonds. The monoisotopic (exact) mass is 412 g/mol. The number of benzene rings is 1. The highest BCUT2D eigenvalue weighted by atomic mass is 79.9. The van der Waals surface area contributed by atoms with E-state index in [1.54, 1.807) is 18.5 Å². The van der Waals surface area contributed by atoms with Crippen molar-refractivity contribution in [3.63, 3.8) is 0 Å². The number of carbonyl (C=O) groups excluding carboxylic acids is 1. The van der Waals surface area contributed by atoms with Gasteiger partial charge in [-0.1, -0.05) is 15.9 Å². The van der Waals surface area contributed by atoms with Gasteiger partial charge in [0.1, 0.15) is 0 Å². The fourth-order valence-electron chi connectivity index (χ4n) is 2.43. The minimum atomic E-state index is -0.184. The molecule has 0 unspecified atom stereocenters. The van der Waals surface area contributed by atoms with Crippen molar-refractivity contribution in [3.8, 4) is 11.3 Å². The van der Waals surface area contributed by atoms with Gasteiger partial charge in [0, 0.05) is 47.1 Å². The highest BCUT2D eigenvalue weighted by molar-refractivity contribution is 9.10. The zero-order valence-corrected chi connectivity index (χ0v) is 15.5. The number of pyridine rings is 1. The van der Waals surface area contributed by atoms with Gasteiger partial charge in [0.25, 0.3) is 5.56 Å². The van der Waals surface area contributed by atoms with Crippen molar-refractivity contribution in [1.82, 2.24) is 14.8 Å². The van der Waals surface area contributed by atoms with Crippen LogP contribution in [-0.2, 0) is 11.3 Å². The third kappa shape index (κ3) is 4.86. The SMILES string of the molecule is O=C(CCCn1nc(-c2ccncc2)ccc1=O)Nc1ccc(Br)cc1. The number of hydrogen-bond donors (Lipinski definition) is 1. The summed E-state index contributed by atoms with van der Waals surface area (Å²) in [5, 5.41) is 7.21. The molecule has 3 aromatic rings. The third-order valence-corrected chi connectivity index (χ3v) is 4.27. The van der Waals surface area contributed by atoms with Gasteiger partial charge in [0.05, 0.1) is 5.69 Å². The van der Waals surface area contributed by atoms with Gasteiger partial charge < -0.3 is 5.32 Å². The maximum Gasteiger partial charge on any atom is 0.266 e. The van der Waals surface area contributed by atoms with E-state index in [4.69, 9.17) is 0 Å². The molecule has 26 heavy (non-hydrogen) atoms. The highest BCUT2D eigenvalue weighted by Crippen LogP contribution is 2.15. The number of nitrogens with one attached hydrogen (secondary N) is 1. The Hall–Kier alpha value is -2.80. The Kier molecular flexibility index (Phi) is 5.91. The Morgan fingerprint density at radius 1 is 1.04 bits per heavy atom. The summed E-state index contributed by atoms with van der Waals surface area (Å²) in [5.41, 5.74) is 2.15. The Morgan fingerprint density at radius 2 is 1.77 bits per heavy atom. The van der Waals surface area contributed by atoms with Crippen molar-refractivity contribution < 1.29 is 4.79 Å². The summed E-state index contributed by atoms with van der Waals surface area (Å²) < 4.78 is 2.35. The van der Waals surface area contributed by atoms with Gasteiger partial charge in [-0.15, -0.1) is 0 Å². The van der Waals surface area contributed by atoms with Gasteiger partial charge >= 0.3 is 0 Å². The van der Waals surface area contributed by atoms with Gasteiger partial charge in [-0.3, -0.25) is 14.6 Å². The minimum Gasteiger partial charge on any atom is -0.326 e. The van der Waals surface area contributed by atoms with Gasteiger partial charge in [-0.05, 0) is 48.9 Å². The second-order valence-electron chi connectivity index (χ2n) is 5.67. The Bertz CT molecular complexity index is 940. The van der Waals surface area contributed by atoms with Crippen molar-refractivity contribution in [1.29, 1.82) is 0 Å². The molecule has 0 atom stereocenters. The number of aryl methyl sites for hydroxylation is 1. The number of amides is 1. The number of hydrogen-bond acceptors (Lipinski definition) is 4. The smallest absolute Gasteiger partial charge is 0.266 e. The first kappa shape index (κ1) is 18.0. The Morgan fingerprint density at radius 3 is 2.50 bits per heavy atom. The summed E-state index contributed by atoms with van der Waals surface area (Å²) in [4.78, 5) is 28.0. The maximum absolute atomic E-state index is 12.0. The van der Waals surface area contributed by atoms with Crippen LogP contribution in [0, 0.1) is 0 Å². The molecule has 1 N–H and O–H groups in total. The molecule has 1 aromatic carbocycles. The standard InChI is InChI=1S/C19H17BrN4O2/c20-15-3-5-16(6-4-15)22-18(25)2-1-13-24-19(26)8-7-17(23-24)14-9-11-21-12-10-14/h3-12H,1-2,13H2,(H,22,25). The van der Waals surface area contributed by atoms with E-state index in [0.29, 0.717) is 25.1 Å². The topological polar surface area (TPSA) is 76.9 Å². The number of carbonyl (C=O) groups is 1. The Balaban J connectivity index is 1.58. The third-order valence-electron chi connectivity index (χ3n) is 3.74. The Labute approximate surface area is 159 Å². The molecule has 7 heteroatoms. The van der Waals surface area contributed by atoms with E-state index in [1.165, 1.54) is 10.7 Å². The lowest BCUT2D eigenvalue weighted by molar-refractivity contribution is -0.116. The zero-order chi connectivity index (χ0) is 18.4. The summed E-state index contributed by atoms with van der Waals surface area (Å²) in [6.45, 7) is 0.380. The molecular formula is C19H17BrN4O2. The van der Waals surface area contributed by atoms with E-state index in [9.17, 15) is 9.59 Å². The summed E-state index contributed by atoms with van der Waals surface area (Å²) in [6.07, 6.45) is 4.19. The molecule has 0 radical (unpaired) electrons. The molecule has 6 nitrogen and oxygen atoms in total. The van der Waals surface area contributed by atoms with E-state index in [0.717, 1.165) is 15.7 Å². The fraction of sp³-hybridized carbons (Fsp3) is 0.158. The predicted molar refractivity (Wildman–Crippen MR) is 104 cm³/mol. The summed E-state index contributed by atoms with van der Waals surface area (Å²) >= 11 is 3.35. The molecule has 0 saturated heterocycles. The van der Waals surface area contributed by atoms with Gasteiger partial charge in [-0.2, -0.15) is 5.10 Å². The van der Waals surface area contributed by atoms with Crippen molar-refractivity contribution in [2.75, 3.05) is 5.32 Å². The summed E-state index contributed by atoms with van der Waals surface area (Å²) in [7, 11) is 0. The van der Waals surface area contributed by atoms with Crippen LogP contribution in [0.5, 0.6) is 0 Å². The van der Waals surface area contributed by atoms with Crippen LogP contribution in [0.1, 0.15) is 12.8 Å². The molecular weight excluding hydrogens is 396 g/mol. The number of halogens is 1. The fourth-order valence-corrected chi connectivity index (χ4v) is 2.70. The van der Waals surface area contributed by atoms with E-state index in [1.807, 2.05) is 36.4 Å². The average molecular weight is 413 g/mol. The molecule has 2 heterocycles. The molecule has 0 aliphatic rings. The van der Waals surface area contributed by atoms with Crippen LogP contribution in [0.2, 0.25) is 0 Å². The van der Waals surface area contributed by atoms with Crippen molar-refractivity contribution in [3.05, 3.63) is 75.8 Å². The van der Waals surface area contributed by atoms with Crippen LogP contribution in [-0.4, -0.2) is 20.7 Å². The molecule has 0 bridgehead atoms. The largest absolute Gasteiger partial charge is 0.326 e. The molecule has 0 saturated carbocycles.